The van der Waals surface area contributed by atoms with Crippen LogP contribution in [-0.4, -0.2) is 15.7 Å². The van der Waals surface area contributed by atoms with Gasteiger partial charge in [0.2, 0.25) is 5.91 Å². The van der Waals surface area contributed by atoms with Crippen LogP contribution in [0.1, 0.15) is 12.6 Å². The van der Waals surface area contributed by atoms with Gasteiger partial charge in [0, 0.05) is 18.0 Å². The van der Waals surface area contributed by atoms with E-state index in [1.165, 1.54) is 6.92 Å². The summed E-state index contributed by atoms with van der Waals surface area (Å²) in [7, 11) is 0. The van der Waals surface area contributed by atoms with Gasteiger partial charge in [-0.25, -0.2) is 4.68 Å². The van der Waals surface area contributed by atoms with Crippen LogP contribution in [0.4, 0.5) is 5.82 Å². The fourth-order valence-corrected chi connectivity index (χ4v) is 1.67. The van der Waals surface area contributed by atoms with Gasteiger partial charge in [0.25, 0.3) is 0 Å². The number of halogens is 1. The summed E-state index contributed by atoms with van der Waals surface area (Å²) in [6.45, 7) is 3.34. The Kier molecular flexibility index (Phi) is 3.15. The average molecular weight is 250 g/mol. The number of aryl methyl sites for hydroxylation is 1. The number of rotatable bonds is 2. The van der Waals surface area contributed by atoms with E-state index in [0.717, 1.165) is 11.4 Å². The highest BCUT2D eigenvalue weighted by atomic mass is 35.5. The number of anilines is 1. The number of carbonyl (C=O) groups is 1. The van der Waals surface area contributed by atoms with Gasteiger partial charge in [-0.1, -0.05) is 11.6 Å². The second-order valence-electron chi connectivity index (χ2n) is 3.74. The van der Waals surface area contributed by atoms with Crippen molar-refractivity contribution in [3.05, 3.63) is 41.0 Å². The summed E-state index contributed by atoms with van der Waals surface area (Å²) in [5, 5.41) is 7.72. The van der Waals surface area contributed by atoms with Crippen LogP contribution in [0.2, 0.25) is 5.02 Å². The second kappa shape index (κ2) is 4.59. The van der Waals surface area contributed by atoms with Crippen molar-refractivity contribution in [3.8, 4) is 5.69 Å². The number of amides is 1. The molecule has 0 aliphatic carbocycles. The lowest BCUT2D eigenvalue weighted by Gasteiger charge is -2.07. The molecule has 5 heteroatoms. The highest BCUT2D eigenvalue weighted by molar-refractivity contribution is 6.30. The SMILES string of the molecule is CC(=O)Nc1cc(C)nn1-c1ccc(Cl)cc1. The molecule has 0 saturated heterocycles. The van der Waals surface area contributed by atoms with E-state index in [1.807, 2.05) is 25.1 Å². The zero-order valence-electron chi connectivity index (χ0n) is 9.57. The first-order chi connectivity index (χ1) is 8.06. The summed E-state index contributed by atoms with van der Waals surface area (Å²) in [4.78, 5) is 11.1. The van der Waals surface area contributed by atoms with Gasteiger partial charge >= 0.3 is 0 Å². The van der Waals surface area contributed by atoms with E-state index in [2.05, 4.69) is 10.4 Å². The molecule has 0 aliphatic heterocycles. The molecule has 0 spiro atoms. The van der Waals surface area contributed by atoms with Crippen molar-refractivity contribution >= 4 is 23.3 Å². The summed E-state index contributed by atoms with van der Waals surface area (Å²) in [5.41, 5.74) is 1.69. The Hall–Kier alpha value is -1.81. The second-order valence-corrected chi connectivity index (χ2v) is 4.18. The molecule has 2 rings (SSSR count). The molecule has 0 saturated carbocycles. The van der Waals surface area contributed by atoms with Gasteiger partial charge in [0.05, 0.1) is 11.4 Å². The van der Waals surface area contributed by atoms with Crippen molar-refractivity contribution in [2.45, 2.75) is 13.8 Å². The molecule has 0 fully saturated rings. The molecule has 2 aromatic rings. The predicted molar refractivity (Wildman–Crippen MR) is 67.6 cm³/mol. The standard InChI is InChI=1S/C12H12ClN3O/c1-8-7-12(14-9(2)17)16(15-8)11-5-3-10(13)4-6-11/h3-7H,1-2H3,(H,14,17). The number of nitrogens with zero attached hydrogens (tertiary/aromatic N) is 2. The molecule has 0 unspecified atom stereocenters. The van der Waals surface area contributed by atoms with Crippen molar-refractivity contribution in [1.29, 1.82) is 0 Å². The van der Waals surface area contributed by atoms with Gasteiger partial charge in [-0.05, 0) is 31.2 Å². The summed E-state index contributed by atoms with van der Waals surface area (Å²) >= 11 is 5.83. The van der Waals surface area contributed by atoms with E-state index in [9.17, 15) is 4.79 Å². The van der Waals surface area contributed by atoms with Crippen molar-refractivity contribution in [2.24, 2.45) is 0 Å². The van der Waals surface area contributed by atoms with Gasteiger partial charge in [-0.3, -0.25) is 4.79 Å². The van der Waals surface area contributed by atoms with Crippen LogP contribution >= 0.6 is 11.6 Å². The third kappa shape index (κ3) is 2.65. The van der Waals surface area contributed by atoms with Crippen molar-refractivity contribution < 1.29 is 4.79 Å². The Morgan fingerprint density at radius 3 is 2.59 bits per heavy atom. The van der Waals surface area contributed by atoms with Crippen LogP contribution in [0, 0.1) is 6.92 Å². The van der Waals surface area contributed by atoms with Gasteiger partial charge in [-0.15, -0.1) is 0 Å². The maximum absolute atomic E-state index is 11.1. The molecule has 17 heavy (non-hydrogen) atoms. The fourth-order valence-electron chi connectivity index (χ4n) is 1.55. The molecular formula is C12H12ClN3O. The Labute approximate surface area is 104 Å². The lowest BCUT2D eigenvalue weighted by atomic mass is 10.3. The van der Waals surface area contributed by atoms with Crippen LogP contribution in [0.25, 0.3) is 5.69 Å². The van der Waals surface area contributed by atoms with E-state index in [1.54, 1.807) is 16.8 Å². The van der Waals surface area contributed by atoms with Gasteiger partial charge in [0.15, 0.2) is 0 Å². The molecule has 1 aromatic carbocycles. The third-order valence-electron chi connectivity index (χ3n) is 2.21. The van der Waals surface area contributed by atoms with Crippen LogP contribution in [-0.2, 0) is 4.79 Å². The molecule has 4 nitrogen and oxygen atoms in total. The van der Waals surface area contributed by atoms with Crippen molar-refractivity contribution in [2.75, 3.05) is 5.32 Å². The first-order valence-corrected chi connectivity index (χ1v) is 5.54. The zero-order valence-corrected chi connectivity index (χ0v) is 10.3. The minimum atomic E-state index is -0.125. The number of benzene rings is 1. The van der Waals surface area contributed by atoms with Gasteiger partial charge < -0.3 is 5.32 Å². The molecule has 1 amide bonds. The third-order valence-corrected chi connectivity index (χ3v) is 2.46. The van der Waals surface area contributed by atoms with E-state index in [0.29, 0.717) is 10.8 Å². The topological polar surface area (TPSA) is 46.9 Å². The summed E-state index contributed by atoms with van der Waals surface area (Å²) in [6.07, 6.45) is 0. The molecule has 0 bridgehead atoms. The predicted octanol–water partition coefficient (Wildman–Crippen LogP) is 2.79. The molecule has 1 aromatic heterocycles. The largest absolute Gasteiger partial charge is 0.311 e. The summed E-state index contributed by atoms with van der Waals surface area (Å²) < 4.78 is 1.67. The Morgan fingerprint density at radius 1 is 1.35 bits per heavy atom. The summed E-state index contributed by atoms with van der Waals surface area (Å²) in [6, 6.07) is 9.08. The molecule has 0 atom stereocenters. The minimum Gasteiger partial charge on any atom is -0.311 e. The highest BCUT2D eigenvalue weighted by Gasteiger charge is 2.08. The Bertz CT molecular complexity index is 545. The number of hydrogen-bond donors (Lipinski definition) is 1. The summed E-state index contributed by atoms with van der Waals surface area (Å²) in [5.74, 6) is 0.525. The first-order valence-electron chi connectivity index (χ1n) is 5.16. The highest BCUT2D eigenvalue weighted by Crippen LogP contribution is 2.18. The quantitative estimate of drug-likeness (QED) is 0.890. The van der Waals surface area contributed by atoms with Crippen molar-refractivity contribution in [1.82, 2.24) is 9.78 Å². The minimum absolute atomic E-state index is 0.125. The molecular weight excluding hydrogens is 238 g/mol. The van der Waals surface area contributed by atoms with Crippen molar-refractivity contribution in [3.63, 3.8) is 0 Å². The Morgan fingerprint density at radius 2 is 2.00 bits per heavy atom. The maximum atomic E-state index is 11.1. The molecule has 0 radical (unpaired) electrons. The van der Waals surface area contributed by atoms with E-state index in [4.69, 9.17) is 11.6 Å². The lowest BCUT2D eigenvalue weighted by molar-refractivity contribution is -0.114. The lowest BCUT2D eigenvalue weighted by Crippen LogP contribution is -2.10. The average Bonchev–Trinajstić information content (AvgIpc) is 2.59. The number of hydrogen-bond acceptors (Lipinski definition) is 2. The van der Waals surface area contributed by atoms with E-state index in [-0.39, 0.29) is 5.91 Å². The Balaban J connectivity index is 2.43. The van der Waals surface area contributed by atoms with Crippen LogP contribution < -0.4 is 5.32 Å². The van der Waals surface area contributed by atoms with Crippen LogP contribution in [0.3, 0.4) is 0 Å². The molecule has 1 N–H and O–H groups in total. The number of nitrogens with one attached hydrogen (secondary N) is 1. The monoisotopic (exact) mass is 249 g/mol. The molecule has 1 heterocycles. The van der Waals surface area contributed by atoms with Gasteiger partial charge in [-0.2, -0.15) is 5.10 Å². The molecule has 88 valence electrons. The fraction of sp³-hybridized carbons (Fsp3) is 0.167. The van der Waals surface area contributed by atoms with E-state index < -0.39 is 0 Å². The normalized spacial score (nSPS) is 10.3. The smallest absolute Gasteiger partial charge is 0.222 e. The zero-order chi connectivity index (χ0) is 12.4. The van der Waals surface area contributed by atoms with Crippen LogP contribution in [0.5, 0.6) is 0 Å². The van der Waals surface area contributed by atoms with E-state index >= 15 is 0 Å². The maximum Gasteiger partial charge on any atom is 0.222 e. The molecule has 0 aliphatic rings. The number of carbonyl (C=O) groups excluding carboxylic acids is 1. The first kappa shape index (κ1) is 11.7. The van der Waals surface area contributed by atoms with Crippen LogP contribution in [0.15, 0.2) is 30.3 Å². The number of aromatic nitrogens is 2. The van der Waals surface area contributed by atoms with Gasteiger partial charge in [0.1, 0.15) is 5.82 Å².